The summed E-state index contributed by atoms with van der Waals surface area (Å²) >= 11 is 4.77. The van der Waals surface area contributed by atoms with Crippen LogP contribution in [0.15, 0.2) is 37.3 Å². The molecule has 2 aromatic heterocycles. The third-order valence-corrected chi connectivity index (χ3v) is 4.89. The summed E-state index contributed by atoms with van der Waals surface area (Å²) < 4.78 is 5.85. The molecule has 0 aliphatic heterocycles. The number of rotatable bonds is 2. The predicted octanol–water partition coefficient (Wildman–Crippen LogP) is 3.51. The van der Waals surface area contributed by atoms with Gasteiger partial charge in [0.2, 0.25) is 0 Å². The summed E-state index contributed by atoms with van der Waals surface area (Å²) in [5.41, 5.74) is 2.63. The molecule has 0 aliphatic rings. The van der Waals surface area contributed by atoms with Gasteiger partial charge in [-0.2, -0.15) is 0 Å². The van der Waals surface area contributed by atoms with Gasteiger partial charge in [0.25, 0.3) is 5.91 Å². The van der Waals surface area contributed by atoms with Gasteiger partial charge < -0.3 is 9.73 Å². The van der Waals surface area contributed by atoms with Gasteiger partial charge in [0.05, 0.1) is 14.2 Å². The summed E-state index contributed by atoms with van der Waals surface area (Å²) in [6, 6.07) is 6.81. The van der Waals surface area contributed by atoms with Crippen LogP contribution in [0.25, 0.3) is 11.1 Å². The lowest BCUT2D eigenvalue weighted by molar-refractivity contribution is 0.103. The van der Waals surface area contributed by atoms with E-state index >= 15 is 0 Å². The van der Waals surface area contributed by atoms with Gasteiger partial charge in [-0.1, -0.05) is 0 Å². The van der Waals surface area contributed by atoms with Crippen LogP contribution in [0.3, 0.4) is 0 Å². The van der Waals surface area contributed by atoms with Crippen LogP contribution in [0.1, 0.15) is 15.2 Å². The van der Waals surface area contributed by atoms with Gasteiger partial charge in [0.15, 0.2) is 5.58 Å². The third-order valence-electron chi connectivity index (χ3n) is 2.76. The number of aryl methyl sites for hydroxylation is 1. The van der Waals surface area contributed by atoms with E-state index < -0.39 is 5.76 Å². The molecule has 0 spiro atoms. The van der Waals surface area contributed by atoms with Gasteiger partial charge in [-0.3, -0.25) is 9.78 Å². The molecule has 0 unspecified atom stereocenters. The maximum Gasteiger partial charge on any atom is 0.417 e. The topological polar surface area (TPSA) is 75.1 Å². The van der Waals surface area contributed by atoms with E-state index in [1.165, 1.54) is 11.3 Å². The average Bonchev–Trinajstić information content (AvgIpc) is 2.91. The van der Waals surface area contributed by atoms with Gasteiger partial charge in [-0.05, 0) is 52.7 Å². The molecule has 7 heteroatoms. The second-order valence-corrected chi connectivity index (χ2v) is 6.62. The van der Waals surface area contributed by atoms with Crippen LogP contribution in [0.4, 0.5) is 5.69 Å². The molecule has 3 aromatic rings. The summed E-state index contributed by atoms with van der Waals surface area (Å²) in [5.74, 6) is -0.699. The molecule has 1 amide bonds. The first-order valence-electron chi connectivity index (χ1n) is 5.73. The molecule has 0 fully saturated rings. The van der Waals surface area contributed by atoms with Crippen molar-refractivity contribution in [3.8, 4) is 0 Å². The quantitative estimate of drug-likeness (QED) is 0.740. The molecule has 0 aliphatic carbocycles. The zero-order valence-electron chi connectivity index (χ0n) is 10.3. The SMILES string of the molecule is Cc1cc(C(=O)Nc2ccc3oc(=O)[nH]c3c2)sc1Br. The fourth-order valence-electron chi connectivity index (χ4n) is 1.79. The molecule has 0 atom stereocenters. The van der Waals surface area contributed by atoms with Crippen molar-refractivity contribution < 1.29 is 9.21 Å². The first-order valence-corrected chi connectivity index (χ1v) is 7.34. The number of hydrogen-bond donors (Lipinski definition) is 2. The normalized spacial score (nSPS) is 10.9. The van der Waals surface area contributed by atoms with Crippen molar-refractivity contribution in [2.75, 3.05) is 5.32 Å². The number of aromatic nitrogens is 1. The highest BCUT2D eigenvalue weighted by atomic mass is 79.9. The Balaban J connectivity index is 1.88. The van der Waals surface area contributed by atoms with Gasteiger partial charge >= 0.3 is 5.76 Å². The molecule has 0 radical (unpaired) electrons. The average molecular weight is 353 g/mol. The number of anilines is 1. The van der Waals surface area contributed by atoms with Crippen LogP contribution in [-0.2, 0) is 0 Å². The van der Waals surface area contributed by atoms with Gasteiger partial charge in [-0.25, -0.2) is 4.79 Å². The number of H-pyrrole nitrogens is 1. The molecule has 0 bridgehead atoms. The number of carbonyl (C=O) groups is 1. The fraction of sp³-hybridized carbons (Fsp3) is 0.0769. The lowest BCUT2D eigenvalue weighted by Crippen LogP contribution is -2.09. The molecule has 20 heavy (non-hydrogen) atoms. The van der Waals surface area contributed by atoms with Crippen molar-refractivity contribution >= 4 is 50.0 Å². The Hall–Kier alpha value is -1.86. The van der Waals surface area contributed by atoms with Gasteiger partial charge in [0.1, 0.15) is 0 Å². The van der Waals surface area contributed by atoms with E-state index in [0.717, 1.165) is 9.35 Å². The van der Waals surface area contributed by atoms with Crippen LogP contribution in [0.5, 0.6) is 0 Å². The first-order chi connectivity index (χ1) is 9.52. The molecule has 5 nitrogen and oxygen atoms in total. The minimum atomic E-state index is -0.513. The van der Waals surface area contributed by atoms with E-state index in [1.807, 2.05) is 13.0 Å². The highest BCUT2D eigenvalue weighted by molar-refractivity contribution is 9.11. The van der Waals surface area contributed by atoms with Crippen molar-refractivity contribution in [1.82, 2.24) is 4.98 Å². The lowest BCUT2D eigenvalue weighted by atomic mass is 10.2. The largest absolute Gasteiger partial charge is 0.417 e. The predicted molar refractivity (Wildman–Crippen MR) is 81.5 cm³/mol. The summed E-state index contributed by atoms with van der Waals surface area (Å²) in [6.45, 7) is 1.93. The Kier molecular flexibility index (Phi) is 3.23. The Morgan fingerprint density at radius 3 is 2.90 bits per heavy atom. The maximum absolute atomic E-state index is 12.1. The molecule has 0 saturated carbocycles. The van der Waals surface area contributed by atoms with Crippen molar-refractivity contribution in [3.05, 3.63) is 49.0 Å². The number of aromatic amines is 1. The van der Waals surface area contributed by atoms with E-state index in [4.69, 9.17) is 4.42 Å². The Morgan fingerprint density at radius 2 is 2.20 bits per heavy atom. The molecular formula is C13H9BrN2O3S. The number of halogens is 1. The molecule has 1 aromatic carbocycles. The zero-order valence-corrected chi connectivity index (χ0v) is 12.7. The van der Waals surface area contributed by atoms with Crippen molar-refractivity contribution in [2.45, 2.75) is 6.92 Å². The number of carbonyl (C=O) groups excluding carboxylic acids is 1. The summed E-state index contributed by atoms with van der Waals surface area (Å²) in [7, 11) is 0. The van der Waals surface area contributed by atoms with E-state index in [-0.39, 0.29) is 5.91 Å². The van der Waals surface area contributed by atoms with E-state index in [1.54, 1.807) is 18.2 Å². The third kappa shape index (κ3) is 2.41. The number of benzene rings is 1. The van der Waals surface area contributed by atoms with Crippen molar-refractivity contribution in [3.63, 3.8) is 0 Å². The number of thiophene rings is 1. The number of nitrogens with one attached hydrogen (secondary N) is 2. The van der Waals surface area contributed by atoms with Crippen LogP contribution in [0.2, 0.25) is 0 Å². The fourth-order valence-corrected chi connectivity index (χ4v) is 3.22. The Bertz CT molecular complexity index is 842. The second kappa shape index (κ2) is 4.92. The van der Waals surface area contributed by atoms with Crippen LogP contribution >= 0.6 is 27.3 Å². The lowest BCUT2D eigenvalue weighted by Gasteiger charge is -2.02. The summed E-state index contributed by atoms with van der Waals surface area (Å²) in [6.07, 6.45) is 0. The molecule has 3 rings (SSSR count). The second-order valence-electron chi connectivity index (χ2n) is 4.25. The monoisotopic (exact) mass is 352 g/mol. The maximum atomic E-state index is 12.1. The minimum Gasteiger partial charge on any atom is -0.408 e. The zero-order chi connectivity index (χ0) is 14.3. The van der Waals surface area contributed by atoms with E-state index in [0.29, 0.717) is 21.7 Å². The Labute approximate surface area is 125 Å². The van der Waals surface area contributed by atoms with Crippen LogP contribution < -0.4 is 11.1 Å². The molecular weight excluding hydrogens is 344 g/mol. The van der Waals surface area contributed by atoms with Gasteiger partial charge in [0, 0.05) is 5.69 Å². The first kappa shape index (κ1) is 13.1. The standard InChI is InChI=1S/C13H9BrN2O3S/c1-6-4-10(20-11(6)14)12(17)15-7-2-3-9-8(5-7)16-13(18)19-9/h2-5H,1H3,(H,15,17)(H,16,18). The van der Waals surface area contributed by atoms with Gasteiger partial charge in [-0.15, -0.1) is 11.3 Å². The highest BCUT2D eigenvalue weighted by Crippen LogP contribution is 2.28. The minimum absolute atomic E-state index is 0.186. The number of amides is 1. The van der Waals surface area contributed by atoms with E-state index in [2.05, 4.69) is 26.2 Å². The van der Waals surface area contributed by atoms with Crippen LogP contribution in [0, 0.1) is 6.92 Å². The Morgan fingerprint density at radius 1 is 1.40 bits per heavy atom. The smallest absolute Gasteiger partial charge is 0.408 e. The molecule has 2 heterocycles. The van der Waals surface area contributed by atoms with Crippen molar-refractivity contribution in [2.24, 2.45) is 0 Å². The summed E-state index contributed by atoms with van der Waals surface area (Å²) in [5, 5.41) is 2.79. The number of fused-ring (bicyclic) bond motifs is 1. The molecule has 2 N–H and O–H groups in total. The van der Waals surface area contributed by atoms with Crippen molar-refractivity contribution in [1.29, 1.82) is 0 Å². The number of hydrogen-bond acceptors (Lipinski definition) is 4. The highest BCUT2D eigenvalue weighted by Gasteiger charge is 2.12. The molecule has 0 saturated heterocycles. The van der Waals surface area contributed by atoms with E-state index in [9.17, 15) is 9.59 Å². The molecule has 102 valence electrons. The number of oxazole rings is 1. The van der Waals surface area contributed by atoms with Crippen LogP contribution in [-0.4, -0.2) is 10.9 Å². The summed E-state index contributed by atoms with van der Waals surface area (Å²) in [4.78, 5) is 26.3.